The Morgan fingerprint density at radius 2 is 2.31 bits per heavy atom. The van der Waals surface area contributed by atoms with Gasteiger partial charge in [-0.05, 0) is 51.0 Å². The molecule has 3 aliphatic heterocycles. The van der Waals surface area contributed by atoms with Crippen LogP contribution < -0.4 is 10.6 Å². The molecule has 16 heavy (non-hydrogen) atoms. The summed E-state index contributed by atoms with van der Waals surface area (Å²) in [5.41, 5.74) is 0. The molecule has 2 bridgehead atoms. The Balaban J connectivity index is 1.42. The van der Waals surface area contributed by atoms with Crippen LogP contribution in [0.1, 0.15) is 32.6 Å². The summed E-state index contributed by atoms with van der Waals surface area (Å²) in [7, 11) is 0. The highest BCUT2D eigenvalue weighted by Gasteiger charge is 2.38. The smallest absolute Gasteiger partial charge is 0.0509 e. The van der Waals surface area contributed by atoms with Crippen LogP contribution in [0.5, 0.6) is 0 Å². The normalized spacial score (nSPS) is 44.1. The van der Waals surface area contributed by atoms with Gasteiger partial charge in [-0.25, -0.2) is 0 Å². The van der Waals surface area contributed by atoms with Gasteiger partial charge in [0.25, 0.3) is 0 Å². The van der Waals surface area contributed by atoms with Crippen LogP contribution in [0.15, 0.2) is 0 Å². The fourth-order valence-electron chi connectivity index (χ4n) is 3.61. The van der Waals surface area contributed by atoms with Gasteiger partial charge in [0.1, 0.15) is 0 Å². The molecule has 5 unspecified atom stereocenters. The van der Waals surface area contributed by atoms with Gasteiger partial charge >= 0.3 is 0 Å². The van der Waals surface area contributed by atoms with E-state index in [0.29, 0.717) is 6.04 Å². The Morgan fingerprint density at radius 1 is 1.38 bits per heavy atom. The Morgan fingerprint density at radius 3 is 2.94 bits per heavy atom. The van der Waals surface area contributed by atoms with Crippen molar-refractivity contribution in [3.8, 4) is 0 Å². The van der Waals surface area contributed by atoms with E-state index in [4.69, 9.17) is 4.74 Å². The molecule has 0 saturated carbocycles. The van der Waals surface area contributed by atoms with Gasteiger partial charge in [-0.15, -0.1) is 0 Å². The van der Waals surface area contributed by atoms with Crippen molar-refractivity contribution in [1.29, 1.82) is 0 Å². The highest BCUT2D eigenvalue weighted by molar-refractivity contribution is 4.98. The zero-order valence-electron chi connectivity index (χ0n) is 10.2. The fraction of sp³-hybridized carbons (Fsp3) is 1.00. The molecular formula is C13H24N2O. The lowest BCUT2D eigenvalue weighted by Crippen LogP contribution is -2.39. The zero-order chi connectivity index (χ0) is 11.0. The first kappa shape index (κ1) is 11.0. The van der Waals surface area contributed by atoms with Crippen LogP contribution >= 0.6 is 0 Å². The second-order valence-electron chi connectivity index (χ2n) is 5.86. The molecule has 3 rings (SSSR count). The molecule has 3 heterocycles. The van der Waals surface area contributed by atoms with Crippen molar-refractivity contribution in [1.82, 2.24) is 10.6 Å². The molecule has 0 amide bonds. The quantitative estimate of drug-likeness (QED) is 0.751. The van der Waals surface area contributed by atoms with Gasteiger partial charge in [0.2, 0.25) is 0 Å². The highest BCUT2D eigenvalue weighted by atomic mass is 16.5. The van der Waals surface area contributed by atoms with E-state index in [-0.39, 0.29) is 0 Å². The molecule has 3 saturated heterocycles. The van der Waals surface area contributed by atoms with Gasteiger partial charge in [0, 0.05) is 24.7 Å². The Hall–Kier alpha value is -0.120. The van der Waals surface area contributed by atoms with E-state index in [0.717, 1.165) is 37.1 Å². The monoisotopic (exact) mass is 224 g/mol. The maximum absolute atomic E-state index is 5.45. The summed E-state index contributed by atoms with van der Waals surface area (Å²) in [4.78, 5) is 0. The Bertz CT molecular complexity index is 240. The summed E-state index contributed by atoms with van der Waals surface area (Å²) in [6.07, 6.45) is 5.44. The minimum Gasteiger partial charge on any atom is -0.381 e. The third-order valence-electron chi connectivity index (χ3n) is 4.81. The molecule has 0 aromatic heterocycles. The van der Waals surface area contributed by atoms with Crippen LogP contribution in [0.25, 0.3) is 0 Å². The van der Waals surface area contributed by atoms with Crippen LogP contribution in [0, 0.1) is 11.8 Å². The van der Waals surface area contributed by atoms with E-state index in [1.807, 2.05) is 0 Å². The summed E-state index contributed by atoms with van der Waals surface area (Å²) in [5, 5.41) is 7.44. The average molecular weight is 224 g/mol. The highest BCUT2D eigenvalue weighted by Crippen LogP contribution is 2.32. The predicted molar refractivity (Wildman–Crippen MR) is 64.4 cm³/mol. The van der Waals surface area contributed by atoms with E-state index >= 15 is 0 Å². The fourth-order valence-corrected chi connectivity index (χ4v) is 3.61. The lowest BCUT2D eigenvalue weighted by molar-refractivity contribution is 0.177. The second-order valence-corrected chi connectivity index (χ2v) is 5.86. The standard InChI is InChI=1S/C13H24N2O/c1-9(10-4-5-16-8-10)14-7-11-6-12-2-3-13(11)15-12/h9-15H,2-8H2,1H3. The topological polar surface area (TPSA) is 33.3 Å². The van der Waals surface area contributed by atoms with E-state index < -0.39 is 0 Å². The largest absolute Gasteiger partial charge is 0.381 e. The third-order valence-corrected chi connectivity index (χ3v) is 4.81. The predicted octanol–water partition coefficient (Wildman–Crippen LogP) is 1.14. The van der Waals surface area contributed by atoms with Crippen LogP contribution in [-0.4, -0.2) is 37.9 Å². The van der Waals surface area contributed by atoms with Crippen molar-refractivity contribution in [2.75, 3.05) is 19.8 Å². The average Bonchev–Trinajstić information content (AvgIpc) is 3.01. The van der Waals surface area contributed by atoms with Crippen LogP contribution in [0.2, 0.25) is 0 Å². The molecule has 5 atom stereocenters. The van der Waals surface area contributed by atoms with Crippen molar-refractivity contribution < 1.29 is 4.74 Å². The minimum absolute atomic E-state index is 0.627. The Labute approximate surface area is 98.3 Å². The van der Waals surface area contributed by atoms with Crippen LogP contribution in [0.4, 0.5) is 0 Å². The first-order valence-corrected chi connectivity index (χ1v) is 6.90. The first-order chi connectivity index (χ1) is 7.83. The summed E-state index contributed by atoms with van der Waals surface area (Å²) < 4.78 is 5.45. The molecule has 92 valence electrons. The molecule has 3 heteroatoms. The van der Waals surface area contributed by atoms with Crippen LogP contribution in [-0.2, 0) is 4.74 Å². The Kier molecular flexibility index (Phi) is 3.18. The van der Waals surface area contributed by atoms with Gasteiger partial charge in [0.15, 0.2) is 0 Å². The number of hydrogen-bond donors (Lipinski definition) is 2. The van der Waals surface area contributed by atoms with Crippen LogP contribution in [0.3, 0.4) is 0 Å². The zero-order valence-corrected chi connectivity index (χ0v) is 10.2. The van der Waals surface area contributed by atoms with Crippen molar-refractivity contribution in [2.24, 2.45) is 11.8 Å². The number of hydrogen-bond acceptors (Lipinski definition) is 3. The lowest BCUT2D eigenvalue weighted by atomic mass is 9.88. The van der Waals surface area contributed by atoms with Gasteiger partial charge < -0.3 is 15.4 Å². The van der Waals surface area contributed by atoms with E-state index in [2.05, 4.69) is 17.6 Å². The molecule has 2 N–H and O–H groups in total. The van der Waals surface area contributed by atoms with Gasteiger partial charge in [-0.2, -0.15) is 0 Å². The molecule has 3 fully saturated rings. The molecule has 3 nitrogen and oxygen atoms in total. The molecule has 0 spiro atoms. The van der Waals surface area contributed by atoms with E-state index in [1.54, 1.807) is 0 Å². The molecular weight excluding hydrogens is 200 g/mol. The maximum atomic E-state index is 5.45. The number of fused-ring (bicyclic) bond motifs is 2. The van der Waals surface area contributed by atoms with Gasteiger partial charge in [-0.1, -0.05) is 0 Å². The minimum atomic E-state index is 0.627. The molecule has 0 aromatic rings. The second kappa shape index (κ2) is 4.63. The number of rotatable bonds is 4. The molecule has 0 aromatic carbocycles. The summed E-state index contributed by atoms with van der Waals surface area (Å²) in [5.74, 6) is 1.62. The first-order valence-electron chi connectivity index (χ1n) is 6.90. The summed E-state index contributed by atoms with van der Waals surface area (Å²) in [6, 6.07) is 2.27. The van der Waals surface area contributed by atoms with E-state index in [9.17, 15) is 0 Å². The van der Waals surface area contributed by atoms with Crippen molar-refractivity contribution >= 4 is 0 Å². The summed E-state index contributed by atoms with van der Waals surface area (Å²) >= 11 is 0. The lowest BCUT2D eigenvalue weighted by Gasteiger charge is -2.25. The summed E-state index contributed by atoms with van der Waals surface area (Å²) in [6.45, 7) is 5.45. The van der Waals surface area contributed by atoms with Crippen molar-refractivity contribution in [3.63, 3.8) is 0 Å². The molecule has 0 aliphatic carbocycles. The van der Waals surface area contributed by atoms with Gasteiger partial charge in [0.05, 0.1) is 6.61 Å². The molecule has 3 aliphatic rings. The number of nitrogens with one attached hydrogen (secondary N) is 2. The van der Waals surface area contributed by atoms with Crippen molar-refractivity contribution in [2.45, 2.75) is 50.7 Å². The van der Waals surface area contributed by atoms with E-state index in [1.165, 1.54) is 32.2 Å². The number of ether oxygens (including phenoxy) is 1. The van der Waals surface area contributed by atoms with Crippen molar-refractivity contribution in [3.05, 3.63) is 0 Å². The third kappa shape index (κ3) is 2.13. The SMILES string of the molecule is CC(NCC1CC2CCC1N2)C1CCOC1. The molecule has 0 radical (unpaired) electrons. The maximum Gasteiger partial charge on any atom is 0.0509 e. The van der Waals surface area contributed by atoms with Gasteiger partial charge in [-0.3, -0.25) is 0 Å².